The number of benzene rings is 4. The Labute approximate surface area is 243 Å². The van der Waals surface area contributed by atoms with Crippen molar-refractivity contribution in [3.05, 3.63) is 143 Å². The third-order valence-electron chi connectivity index (χ3n) is 8.02. The summed E-state index contributed by atoms with van der Waals surface area (Å²) >= 11 is 0. The molecule has 0 heterocycles. The zero-order valence-corrected chi connectivity index (χ0v) is 23.6. The third kappa shape index (κ3) is 5.84. The fourth-order valence-corrected chi connectivity index (χ4v) is 6.37. The second-order valence-electron chi connectivity index (χ2n) is 10.3. The molecule has 2 atom stereocenters. The minimum Gasteiger partial charge on any atom is -0.466 e. The summed E-state index contributed by atoms with van der Waals surface area (Å²) in [6.45, 7) is 3.53. The normalized spacial score (nSPS) is 16.2. The second kappa shape index (κ2) is 13.5. The van der Waals surface area contributed by atoms with Crippen molar-refractivity contribution in [2.75, 3.05) is 26.4 Å². The molecule has 0 radical (unpaired) electrons. The predicted octanol–water partition coefficient (Wildman–Crippen LogP) is 7.11. The van der Waals surface area contributed by atoms with Gasteiger partial charge in [-0.05, 0) is 41.2 Å². The third-order valence-corrected chi connectivity index (χ3v) is 8.02. The van der Waals surface area contributed by atoms with E-state index >= 15 is 0 Å². The molecule has 0 amide bonds. The van der Waals surface area contributed by atoms with Gasteiger partial charge in [-0.2, -0.15) is 0 Å². The van der Waals surface area contributed by atoms with Crippen molar-refractivity contribution < 1.29 is 14.3 Å². The van der Waals surface area contributed by atoms with Crippen LogP contribution in [0.25, 0.3) is 0 Å². The van der Waals surface area contributed by atoms with Crippen LogP contribution in [0.15, 0.2) is 115 Å². The molecule has 0 bridgehead atoms. The van der Waals surface area contributed by atoms with Crippen molar-refractivity contribution in [3.8, 4) is 12.3 Å². The van der Waals surface area contributed by atoms with Crippen LogP contribution >= 0.6 is 0 Å². The molecule has 4 nitrogen and oxygen atoms in total. The van der Waals surface area contributed by atoms with E-state index in [0.29, 0.717) is 26.4 Å². The molecule has 41 heavy (non-hydrogen) atoms. The summed E-state index contributed by atoms with van der Waals surface area (Å²) in [5, 5.41) is 0. The Kier molecular flexibility index (Phi) is 9.31. The molecule has 0 saturated carbocycles. The van der Waals surface area contributed by atoms with Crippen LogP contribution in [0, 0.1) is 12.3 Å². The Hall–Kier alpha value is -4.17. The van der Waals surface area contributed by atoms with Crippen LogP contribution < -0.4 is 0 Å². The van der Waals surface area contributed by atoms with Crippen LogP contribution in [-0.2, 0) is 19.8 Å². The predicted molar refractivity (Wildman–Crippen MR) is 163 cm³/mol. The molecule has 4 aromatic rings. The van der Waals surface area contributed by atoms with Gasteiger partial charge in [0.25, 0.3) is 0 Å². The van der Waals surface area contributed by atoms with Gasteiger partial charge in [0.2, 0.25) is 0 Å². The summed E-state index contributed by atoms with van der Waals surface area (Å²) in [5.41, 5.74) is 5.42. The van der Waals surface area contributed by atoms with Crippen LogP contribution in [0.5, 0.6) is 0 Å². The molecule has 208 valence electrons. The number of rotatable bonds is 12. The maximum Gasteiger partial charge on any atom is 0.308 e. The molecule has 0 aromatic heterocycles. The Balaban J connectivity index is 1.60. The van der Waals surface area contributed by atoms with Gasteiger partial charge in [-0.25, -0.2) is 0 Å². The molecular weight excluding hydrogens is 506 g/mol. The maximum atomic E-state index is 11.8. The first-order valence-electron chi connectivity index (χ1n) is 14.4. The standard InChI is InChI=1S/C37H37NO3/c1-3-25-38(35-27-29(33-22-14-15-23-34(33)35)28-40-26-24-36(39)41-4-2)37(30-16-8-5-9-17-30,31-18-10-6-11-19-31)32-20-12-7-13-21-32/h1,5-23,29,35H,4,24-28H2,2H3. The first-order chi connectivity index (χ1) is 20.2. The monoisotopic (exact) mass is 543 g/mol. The molecule has 0 spiro atoms. The highest BCUT2D eigenvalue weighted by Crippen LogP contribution is 2.52. The van der Waals surface area contributed by atoms with E-state index in [1.165, 1.54) is 27.8 Å². The quantitative estimate of drug-likeness (QED) is 0.0826. The van der Waals surface area contributed by atoms with Crippen molar-refractivity contribution in [2.45, 2.75) is 37.3 Å². The van der Waals surface area contributed by atoms with Crippen LogP contribution in [0.2, 0.25) is 0 Å². The molecule has 0 saturated heterocycles. The zero-order valence-electron chi connectivity index (χ0n) is 23.6. The van der Waals surface area contributed by atoms with Gasteiger partial charge in [0.05, 0.1) is 38.3 Å². The van der Waals surface area contributed by atoms with E-state index in [4.69, 9.17) is 15.9 Å². The highest BCUT2D eigenvalue weighted by molar-refractivity contribution is 5.69. The smallest absolute Gasteiger partial charge is 0.308 e. The average molecular weight is 544 g/mol. The lowest BCUT2D eigenvalue weighted by Gasteiger charge is -2.48. The van der Waals surface area contributed by atoms with E-state index in [9.17, 15) is 4.79 Å². The fraction of sp³-hybridized carbons (Fsp3) is 0.270. The van der Waals surface area contributed by atoms with Gasteiger partial charge < -0.3 is 9.47 Å². The molecule has 4 heteroatoms. The lowest BCUT2D eigenvalue weighted by molar-refractivity contribution is -0.144. The van der Waals surface area contributed by atoms with E-state index in [2.05, 4.69) is 126 Å². The summed E-state index contributed by atoms with van der Waals surface area (Å²) in [6, 6.07) is 40.7. The molecule has 5 rings (SSSR count). The van der Waals surface area contributed by atoms with E-state index in [1.807, 2.05) is 6.92 Å². The molecular formula is C37H37NO3. The zero-order chi connectivity index (χ0) is 28.5. The Morgan fingerprint density at radius 3 is 1.85 bits per heavy atom. The van der Waals surface area contributed by atoms with Crippen molar-refractivity contribution in [1.29, 1.82) is 0 Å². The van der Waals surface area contributed by atoms with Gasteiger partial charge in [-0.15, -0.1) is 6.42 Å². The summed E-state index contributed by atoms with van der Waals surface area (Å²) in [7, 11) is 0. The van der Waals surface area contributed by atoms with Crippen LogP contribution in [0.1, 0.15) is 59.5 Å². The number of hydrogen-bond donors (Lipinski definition) is 0. The highest BCUT2D eigenvalue weighted by Gasteiger charge is 2.47. The molecule has 0 aliphatic heterocycles. The van der Waals surface area contributed by atoms with E-state index in [0.717, 1.165) is 6.42 Å². The highest BCUT2D eigenvalue weighted by atomic mass is 16.5. The van der Waals surface area contributed by atoms with Gasteiger partial charge in [0, 0.05) is 12.0 Å². The van der Waals surface area contributed by atoms with Crippen molar-refractivity contribution in [1.82, 2.24) is 4.90 Å². The van der Waals surface area contributed by atoms with E-state index < -0.39 is 5.54 Å². The molecule has 0 N–H and O–H groups in total. The number of ether oxygens (including phenoxy) is 2. The number of carbonyl (C=O) groups excluding carboxylic acids is 1. The summed E-state index contributed by atoms with van der Waals surface area (Å²) in [5.74, 6) is 2.98. The van der Waals surface area contributed by atoms with Crippen LogP contribution in [-0.4, -0.2) is 37.2 Å². The molecule has 4 aromatic carbocycles. The largest absolute Gasteiger partial charge is 0.466 e. The van der Waals surface area contributed by atoms with Gasteiger partial charge in [0.15, 0.2) is 0 Å². The van der Waals surface area contributed by atoms with Crippen LogP contribution in [0.4, 0.5) is 0 Å². The van der Waals surface area contributed by atoms with E-state index in [-0.39, 0.29) is 24.3 Å². The van der Waals surface area contributed by atoms with Gasteiger partial charge >= 0.3 is 5.97 Å². The lowest BCUT2D eigenvalue weighted by atomic mass is 9.74. The molecule has 2 unspecified atom stereocenters. The van der Waals surface area contributed by atoms with Gasteiger partial charge in [0.1, 0.15) is 0 Å². The first-order valence-corrected chi connectivity index (χ1v) is 14.4. The second-order valence-corrected chi connectivity index (χ2v) is 10.3. The molecule has 1 aliphatic rings. The minimum atomic E-state index is -0.631. The Bertz CT molecular complexity index is 1350. The van der Waals surface area contributed by atoms with Gasteiger partial charge in [-0.3, -0.25) is 9.69 Å². The maximum absolute atomic E-state index is 11.8. The first kappa shape index (κ1) is 28.4. The van der Waals surface area contributed by atoms with Crippen molar-refractivity contribution in [3.63, 3.8) is 0 Å². The SMILES string of the molecule is C#CCN(C1CC(COCCC(=O)OCC)c2ccccc21)C(c1ccccc1)(c1ccccc1)c1ccccc1. The molecule has 0 fully saturated rings. The van der Waals surface area contributed by atoms with Crippen molar-refractivity contribution in [2.24, 2.45) is 0 Å². The minimum absolute atomic E-state index is 0.0431. The summed E-state index contributed by atoms with van der Waals surface area (Å²) in [4.78, 5) is 14.3. The van der Waals surface area contributed by atoms with Gasteiger partial charge in [-0.1, -0.05) is 121 Å². The number of hydrogen-bond acceptors (Lipinski definition) is 4. The lowest BCUT2D eigenvalue weighted by Crippen LogP contribution is -2.49. The Morgan fingerprint density at radius 1 is 0.829 bits per heavy atom. The van der Waals surface area contributed by atoms with E-state index in [1.54, 1.807) is 0 Å². The molecule has 1 aliphatic carbocycles. The summed E-state index contributed by atoms with van der Waals surface area (Å²) < 4.78 is 11.1. The average Bonchev–Trinajstić information content (AvgIpc) is 3.39. The number of carbonyl (C=O) groups is 1. The van der Waals surface area contributed by atoms with Crippen LogP contribution in [0.3, 0.4) is 0 Å². The number of nitrogens with zero attached hydrogens (tertiary/aromatic N) is 1. The summed E-state index contributed by atoms with van der Waals surface area (Å²) in [6.07, 6.45) is 7.29. The fourth-order valence-electron chi connectivity index (χ4n) is 6.37. The number of terminal acetylenes is 1. The topological polar surface area (TPSA) is 38.8 Å². The van der Waals surface area contributed by atoms with Crippen molar-refractivity contribution >= 4 is 5.97 Å². The Morgan fingerprint density at radius 2 is 1.34 bits per heavy atom. The number of esters is 1. The number of fused-ring (bicyclic) bond motifs is 1.